The summed E-state index contributed by atoms with van der Waals surface area (Å²) in [4.78, 5) is 11.7. The van der Waals surface area contributed by atoms with Gasteiger partial charge in [0.1, 0.15) is 17.7 Å². The highest BCUT2D eigenvalue weighted by molar-refractivity contribution is 5.92. The molecule has 0 amide bonds. The minimum absolute atomic E-state index is 0.284. The predicted octanol–water partition coefficient (Wildman–Crippen LogP) is 2.16. The molecular weight excluding hydrogens is 256 g/mol. The Labute approximate surface area is 115 Å². The third kappa shape index (κ3) is 1.29. The molecule has 0 spiro atoms. The summed E-state index contributed by atoms with van der Waals surface area (Å²) in [6, 6.07) is 6.06. The van der Waals surface area contributed by atoms with Gasteiger partial charge in [-0.15, -0.1) is 0 Å². The van der Waals surface area contributed by atoms with E-state index in [9.17, 15) is 4.79 Å². The summed E-state index contributed by atoms with van der Waals surface area (Å²) in [6.07, 6.45) is 2.38. The molecule has 1 aliphatic rings. The van der Waals surface area contributed by atoms with Crippen LogP contribution < -0.4 is 10.5 Å². The Morgan fingerprint density at radius 2 is 2.20 bits per heavy atom. The van der Waals surface area contributed by atoms with Gasteiger partial charge < -0.3 is 13.7 Å². The van der Waals surface area contributed by atoms with Crippen molar-refractivity contribution in [3.05, 3.63) is 40.6 Å². The first-order chi connectivity index (χ1) is 9.70. The van der Waals surface area contributed by atoms with Crippen LogP contribution >= 0.6 is 0 Å². The number of aromatic nitrogens is 2. The summed E-state index contributed by atoms with van der Waals surface area (Å²) in [5.74, 6) is 0.564. The highest BCUT2D eigenvalue weighted by atomic mass is 16.5. The maximum absolute atomic E-state index is 11.7. The minimum atomic E-state index is -0.284. The van der Waals surface area contributed by atoms with E-state index < -0.39 is 0 Å². The van der Waals surface area contributed by atoms with E-state index >= 15 is 0 Å². The highest BCUT2D eigenvalue weighted by Gasteiger charge is 2.25. The van der Waals surface area contributed by atoms with Gasteiger partial charge in [-0.1, -0.05) is 0 Å². The Morgan fingerprint density at radius 1 is 1.35 bits per heavy atom. The van der Waals surface area contributed by atoms with Gasteiger partial charge in [-0.25, -0.2) is 4.79 Å². The zero-order chi connectivity index (χ0) is 13.9. The summed E-state index contributed by atoms with van der Waals surface area (Å²) in [7, 11) is 3.69. The molecule has 4 rings (SSSR count). The SMILES string of the molecule is COc1ccc2c(c1)c1c(n2C)-c2coc(=O)n2CC1. The van der Waals surface area contributed by atoms with Crippen LogP contribution in [0.3, 0.4) is 0 Å². The molecule has 3 aromatic rings. The number of oxazole rings is 1. The molecule has 3 heterocycles. The van der Waals surface area contributed by atoms with Gasteiger partial charge in [0, 0.05) is 24.5 Å². The van der Waals surface area contributed by atoms with E-state index in [0.29, 0.717) is 6.54 Å². The van der Waals surface area contributed by atoms with Crippen molar-refractivity contribution >= 4 is 10.9 Å². The lowest BCUT2D eigenvalue weighted by molar-refractivity contribution is 0.415. The molecule has 0 bridgehead atoms. The maximum atomic E-state index is 11.7. The van der Waals surface area contributed by atoms with E-state index in [4.69, 9.17) is 9.15 Å². The fourth-order valence-corrected chi connectivity index (χ4v) is 3.16. The molecule has 0 radical (unpaired) electrons. The Kier molecular flexibility index (Phi) is 2.16. The second kappa shape index (κ2) is 3.79. The molecule has 20 heavy (non-hydrogen) atoms. The number of nitrogens with zero attached hydrogens (tertiary/aromatic N) is 2. The van der Waals surface area contributed by atoms with Crippen molar-refractivity contribution < 1.29 is 9.15 Å². The van der Waals surface area contributed by atoms with Gasteiger partial charge in [0.25, 0.3) is 0 Å². The monoisotopic (exact) mass is 270 g/mol. The minimum Gasteiger partial charge on any atom is -0.497 e. The Bertz CT molecular complexity index is 883. The quantitative estimate of drug-likeness (QED) is 0.681. The van der Waals surface area contributed by atoms with Gasteiger partial charge in [0.2, 0.25) is 0 Å². The van der Waals surface area contributed by atoms with Crippen molar-refractivity contribution in [2.24, 2.45) is 7.05 Å². The summed E-state index contributed by atoms with van der Waals surface area (Å²) in [6.45, 7) is 0.661. The van der Waals surface area contributed by atoms with E-state index in [-0.39, 0.29) is 5.76 Å². The number of ether oxygens (including phenoxy) is 1. The molecule has 0 aliphatic carbocycles. The predicted molar refractivity (Wildman–Crippen MR) is 75.1 cm³/mol. The molecular formula is C15H14N2O3. The van der Waals surface area contributed by atoms with Crippen molar-refractivity contribution in [3.63, 3.8) is 0 Å². The van der Waals surface area contributed by atoms with Gasteiger partial charge in [0.05, 0.1) is 12.8 Å². The molecule has 102 valence electrons. The molecule has 1 aliphatic heterocycles. The molecule has 5 heteroatoms. The van der Waals surface area contributed by atoms with Crippen molar-refractivity contribution in [1.29, 1.82) is 0 Å². The number of rotatable bonds is 1. The van der Waals surface area contributed by atoms with Crippen LogP contribution in [0.5, 0.6) is 5.75 Å². The van der Waals surface area contributed by atoms with E-state index in [1.165, 1.54) is 10.9 Å². The van der Waals surface area contributed by atoms with Crippen LogP contribution in [0.25, 0.3) is 22.3 Å². The zero-order valence-corrected chi connectivity index (χ0v) is 11.3. The molecule has 2 aromatic heterocycles. The summed E-state index contributed by atoms with van der Waals surface area (Å²) in [5.41, 5.74) is 4.30. The van der Waals surface area contributed by atoms with Gasteiger partial charge in [0.15, 0.2) is 0 Å². The van der Waals surface area contributed by atoms with Crippen molar-refractivity contribution in [2.45, 2.75) is 13.0 Å². The topological polar surface area (TPSA) is 49.3 Å². The summed E-state index contributed by atoms with van der Waals surface area (Å²) >= 11 is 0. The smallest absolute Gasteiger partial charge is 0.419 e. The van der Waals surface area contributed by atoms with Crippen LogP contribution in [0.1, 0.15) is 5.56 Å². The normalized spacial score (nSPS) is 13.3. The number of methoxy groups -OCH3 is 1. The molecule has 0 unspecified atom stereocenters. The molecule has 0 N–H and O–H groups in total. The fourth-order valence-electron chi connectivity index (χ4n) is 3.16. The zero-order valence-electron chi connectivity index (χ0n) is 11.3. The lowest BCUT2D eigenvalue weighted by Gasteiger charge is -2.15. The standard InChI is InChI=1S/C15H14N2O3/c1-16-12-4-3-9(19-2)7-11(12)10-5-6-17-13(14(10)16)8-20-15(17)18/h3-4,7-8H,5-6H2,1-2H3. The van der Waals surface area contributed by atoms with E-state index in [0.717, 1.165) is 29.1 Å². The van der Waals surface area contributed by atoms with Crippen LogP contribution in [0, 0.1) is 0 Å². The summed E-state index contributed by atoms with van der Waals surface area (Å²) < 4.78 is 14.2. The largest absolute Gasteiger partial charge is 0.497 e. The fraction of sp³-hybridized carbons (Fsp3) is 0.267. The molecule has 0 fully saturated rings. The molecule has 0 saturated heterocycles. The van der Waals surface area contributed by atoms with Crippen LogP contribution in [0.4, 0.5) is 0 Å². The Balaban J connectivity index is 2.11. The highest BCUT2D eigenvalue weighted by Crippen LogP contribution is 2.37. The number of hydrogen-bond acceptors (Lipinski definition) is 3. The maximum Gasteiger partial charge on any atom is 0.419 e. The van der Waals surface area contributed by atoms with Crippen molar-refractivity contribution in [3.8, 4) is 17.1 Å². The number of benzene rings is 1. The molecule has 5 nitrogen and oxygen atoms in total. The average Bonchev–Trinajstić information content (AvgIpc) is 2.98. The molecule has 0 atom stereocenters. The van der Waals surface area contributed by atoms with E-state index in [2.05, 4.69) is 16.7 Å². The first-order valence-electron chi connectivity index (χ1n) is 6.54. The first kappa shape index (κ1) is 11.4. The first-order valence-corrected chi connectivity index (χ1v) is 6.54. The van der Waals surface area contributed by atoms with Gasteiger partial charge in [-0.3, -0.25) is 4.57 Å². The number of hydrogen-bond donors (Lipinski definition) is 0. The molecule has 0 saturated carbocycles. The van der Waals surface area contributed by atoms with Crippen molar-refractivity contribution in [1.82, 2.24) is 9.13 Å². The number of aryl methyl sites for hydroxylation is 2. The number of fused-ring (bicyclic) bond motifs is 5. The van der Waals surface area contributed by atoms with Crippen LogP contribution in [0.2, 0.25) is 0 Å². The lowest BCUT2D eigenvalue weighted by Crippen LogP contribution is -2.21. The third-order valence-corrected chi connectivity index (χ3v) is 4.12. The average molecular weight is 270 g/mol. The van der Waals surface area contributed by atoms with Crippen LogP contribution in [0.15, 0.2) is 33.7 Å². The van der Waals surface area contributed by atoms with E-state index in [1.54, 1.807) is 17.9 Å². The Hall–Kier alpha value is -2.43. The lowest BCUT2D eigenvalue weighted by atomic mass is 10.0. The van der Waals surface area contributed by atoms with Gasteiger partial charge >= 0.3 is 5.76 Å². The Morgan fingerprint density at radius 3 is 3.00 bits per heavy atom. The molecule has 1 aromatic carbocycles. The van der Waals surface area contributed by atoms with Gasteiger partial charge in [-0.05, 0) is 30.2 Å². The van der Waals surface area contributed by atoms with Crippen molar-refractivity contribution in [2.75, 3.05) is 7.11 Å². The second-order valence-electron chi connectivity index (χ2n) is 5.06. The van der Waals surface area contributed by atoms with Crippen LogP contribution in [-0.2, 0) is 20.0 Å². The van der Waals surface area contributed by atoms with E-state index in [1.807, 2.05) is 13.1 Å². The summed E-state index contributed by atoms with van der Waals surface area (Å²) in [5, 5.41) is 1.18. The van der Waals surface area contributed by atoms with Gasteiger partial charge in [-0.2, -0.15) is 0 Å². The van der Waals surface area contributed by atoms with Crippen LogP contribution in [-0.4, -0.2) is 16.2 Å². The third-order valence-electron chi connectivity index (χ3n) is 4.12. The second-order valence-corrected chi connectivity index (χ2v) is 5.06.